The second-order valence-corrected chi connectivity index (χ2v) is 5.10. The Kier molecular flexibility index (Phi) is 3.06. The summed E-state index contributed by atoms with van der Waals surface area (Å²) in [6, 6.07) is 6.70. The number of aromatic nitrogens is 1. The van der Waals surface area contributed by atoms with E-state index in [1.165, 1.54) is 12.8 Å². The molecular weight excluding hydrogens is 226 g/mol. The van der Waals surface area contributed by atoms with Gasteiger partial charge in [-0.1, -0.05) is 6.07 Å². The van der Waals surface area contributed by atoms with Crippen LogP contribution in [0.25, 0.3) is 11.1 Å². The predicted molar refractivity (Wildman–Crippen MR) is 71.3 cm³/mol. The van der Waals surface area contributed by atoms with E-state index < -0.39 is 0 Å². The van der Waals surface area contributed by atoms with E-state index in [0.717, 1.165) is 29.6 Å². The second-order valence-electron chi connectivity index (χ2n) is 5.10. The van der Waals surface area contributed by atoms with Crippen molar-refractivity contribution in [3.05, 3.63) is 29.7 Å². The number of hydrogen-bond acceptors (Lipinski definition) is 4. The Balaban J connectivity index is 1.79. The molecule has 2 heterocycles. The third-order valence-electron chi connectivity index (χ3n) is 3.65. The average Bonchev–Trinajstić information content (AvgIpc) is 2.95. The Morgan fingerprint density at radius 2 is 2.44 bits per heavy atom. The lowest BCUT2D eigenvalue weighted by Gasteiger charge is -2.17. The van der Waals surface area contributed by atoms with Gasteiger partial charge in [-0.05, 0) is 43.5 Å². The van der Waals surface area contributed by atoms with Gasteiger partial charge in [-0.15, -0.1) is 0 Å². The molecule has 1 aliphatic heterocycles. The van der Waals surface area contributed by atoms with Crippen molar-refractivity contribution >= 4 is 11.1 Å². The molecule has 1 aromatic carbocycles. The number of oxazole rings is 1. The lowest BCUT2D eigenvalue weighted by Crippen LogP contribution is -2.26. The molecular formula is C14H19N3O. The Morgan fingerprint density at radius 1 is 1.56 bits per heavy atom. The SMILES string of the molecule is Cc1nc2cc(C(N)CC3CCCN3)ccc2o1. The molecule has 96 valence electrons. The summed E-state index contributed by atoms with van der Waals surface area (Å²) in [5.41, 5.74) is 9.16. The van der Waals surface area contributed by atoms with Crippen LogP contribution in [0.1, 0.15) is 36.8 Å². The molecule has 1 aliphatic rings. The maximum absolute atomic E-state index is 6.27. The topological polar surface area (TPSA) is 64.1 Å². The minimum Gasteiger partial charge on any atom is -0.441 e. The van der Waals surface area contributed by atoms with Crippen molar-refractivity contribution in [1.82, 2.24) is 10.3 Å². The van der Waals surface area contributed by atoms with Gasteiger partial charge in [0.2, 0.25) is 0 Å². The van der Waals surface area contributed by atoms with Crippen molar-refractivity contribution in [3.8, 4) is 0 Å². The van der Waals surface area contributed by atoms with Crippen LogP contribution in [-0.2, 0) is 0 Å². The highest BCUT2D eigenvalue weighted by molar-refractivity contribution is 5.73. The minimum atomic E-state index is 0.0713. The molecule has 0 amide bonds. The fraction of sp³-hybridized carbons (Fsp3) is 0.500. The molecule has 2 aromatic rings. The normalized spacial score (nSPS) is 21.6. The summed E-state index contributed by atoms with van der Waals surface area (Å²) in [6.45, 7) is 2.99. The molecule has 0 saturated carbocycles. The molecule has 4 heteroatoms. The molecule has 2 atom stereocenters. The van der Waals surface area contributed by atoms with Crippen LogP contribution in [0, 0.1) is 6.92 Å². The highest BCUT2D eigenvalue weighted by Crippen LogP contribution is 2.24. The van der Waals surface area contributed by atoms with Crippen LogP contribution in [0.2, 0.25) is 0 Å². The quantitative estimate of drug-likeness (QED) is 0.870. The number of aryl methyl sites for hydroxylation is 1. The summed E-state index contributed by atoms with van der Waals surface area (Å²) in [7, 11) is 0. The van der Waals surface area contributed by atoms with Gasteiger partial charge in [0.05, 0.1) is 0 Å². The Labute approximate surface area is 107 Å². The van der Waals surface area contributed by atoms with Crippen LogP contribution in [0.4, 0.5) is 0 Å². The third kappa shape index (κ3) is 2.26. The molecule has 0 spiro atoms. The van der Waals surface area contributed by atoms with Gasteiger partial charge in [0.1, 0.15) is 5.52 Å². The standard InChI is InChI=1S/C14H19N3O/c1-9-17-13-7-10(4-5-14(13)18-9)12(15)8-11-3-2-6-16-11/h4-5,7,11-12,16H,2-3,6,8,15H2,1H3. The molecule has 1 fully saturated rings. The Morgan fingerprint density at radius 3 is 3.22 bits per heavy atom. The van der Waals surface area contributed by atoms with Crippen molar-refractivity contribution in [2.45, 2.75) is 38.3 Å². The third-order valence-corrected chi connectivity index (χ3v) is 3.65. The highest BCUT2D eigenvalue weighted by Gasteiger charge is 2.18. The van der Waals surface area contributed by atoms with Gasteiger partial charge < -0.3 is 15.5 Å². The Hall–Kier alpha value is -1.39. The van der Waals surface area contributed by atoms with Crippen LogP contribution >= 0.6 is 0 Å². The van der Waals surface area contributed by atoms with E-state index >= 15 is 0 Å². The lowest BCUT2D eigenvalue weighted by atomic mass is 9.99. The Bertz CT molecular complexity index is 543. The second kappa shape index (κ2) is 4.71. The van der Waals surface area contributed by atoms with Crippen LogP contribution in [0.15, 0.2) is 22.6 Å². The summed E-state index contributed by atoms with van der Waals surface area (Å²) in [4.78, 5) is 4.35. The van der Waals surface area contributed by atoms with Gasteiger partial charge in [0.25, 0.3) is 0 Å². The highest BCUT2D eigenvalue weighted by atomic mass is 16.3. The zero-order chi connectivity index (χ0) is 12.5. The minimum absolute atomic E-state index is 0.0713. The molecule has 0 radical (unpaired) electrons. The molecule has 0 bridgehead atoms. The van der Waals surface area contributed by atoms with Crippen molar-refractivity contribution < 1.29 is 4.42 Å². The zero-order valence-corrected chi connectivity index (χ0v) is 10.6. The van der Waals surface area contributed by atoms with E-state index in [1.54, 1.807) is 0 Å². The van der Waals surface area contributed by atoms with Crippen LogP contribution in [0.5, 0.6) is 0 Å². The van der Waals surface area contributed by atoms with Crippen molar-refractivity contribution in [1.29, 1.82) is 0 Å². The number of rotatable bonds is 3. The van der Waals surface area contributed by atoms with Gasteiger partial charge in [-0.2, -0.15) is 0 Å². The first kappa shape index (κ1) is 11.7. The fourth-order valence-corrected chi connectivity index (χ4v) is 2.69. The number of nitrogens with zero attached hydrogens (tertiary/aromatic N) is 1. The average molecular weight is 245 g/mol. The summed E-state index contributed by atoms with van der Waals surface area (Å²) in [5.74, 6) is 0.702. The van der Waals surface area contributed by atoms with Crippen molar-refractivity contribution in [3.63, 3.8) is 0 Å². The number of fused-ring (bicyclic) bond motifs is 1. The van der Waals surface area contributed by atoms with Gasteiger partial charge >= 0.3 is 0 Å². The first-order valence-electron chi connectivity index (χ1n) is 6.58. The summed E-state index contributed by atoms with van der Waals surface area (Å²) in [5, 5.41) is 3.48. The first-order chi connectivity index (χ1) is 8.72. The van der Waals surface area contributed by atoms with Gasteiger partial charge in [0, 0.05) is 19.0 Å². The number of nitrogens with one attached hydrogen (secondary N) is 1. The van der Waals surface area contributed by atoms with E-state index in [2.05, 4.69) is 10.3 Å². The van der Waals surface area contributed by atoms with E-state index in [1.807, 2.05) is 25.1 Å². The maximum atomic E-state index is 6.27. The molecule has 1 saturated heterocycles. The van der Waals surface area contributed by atoms with Gasteiger partial charge in [-0.3, -0.25) is 0 Å². The van der Waals surface area contributed by atoms with Crippen molar-refractivity contribution in [2.75, 3.05) is 6.54 Å². The predicted octanol–water partition coefficient (Wildman–Crippen LogP) is 2.28. The van der Waals surface area contributed by atoms with Crippen LogP contribution in [0.3, 0.4) is 0 Å². The monoisotopic (exact) mass is 245 g/mol. The number of hydrogen-bond donors (Lipinski definition) is 2. The molecule has 4 nitrogen and oxygen atoms in total. The maximum Gasteiger partial charge on any atom is 0.192 e. The molecule has 2 unspecified atom stereocenters. The van der Waals surface area contributed by atoms with Gasteiger partial charge in [-0.25, -0.2) is 4.98 Å². The van der Waals surface area contributed by atoms with E-state index in [0.29, 0.717) is 11.9 Å². The summed E-state index contributed by atoms with van der Waals surface area (Å²) >= 11 is 0. The smallest absolute Gasteiger partial charge is 0.192 e. The molecule has 1 aromatic heterocycles. The lowest BCUT2D eigenvalue weighted by molar-refractivity contribution is 0.499. The zero-order valence-electron chi connectivity index (χ0n) is 10.6. The van der Waals surface area contributed by atoms with Crippen molar-refractivity contribution in [2.24, 2.45) is 5.73 Å². The van der Waals surface area contributed by atoms with E-state index in [-0.39, 0.29) is 6.04 Å². The molecule has 18 heavy (non-hydrogen) atoms. The van der Waals surface area contributed by atoms with Crippen LogP contribution < -0.4 is 11.1 Å². The number of benzene rings is 1. The van der Waals surface area contributed by atoms with E-state index in [9.17, 15) is 0 Å². The van der Waals surface area contributed by atoms with Gasteiger partial charge in [0.15, 0.2) is 11.5 Å². The fourth-order valence-electron chi connectivity index (χ4n) is 2.69. The molecule has 3 N–H and O–H groups in total. The van der Waals surface area contributed by atoms with Crippen LogP contribution in [-0.4, -0.2) is 17.6 Å². The number of nitrogens with two attached hydrogens (primary N) is 1. The molecule has 3 rings (SSSR count). The first-order valence-corrected chi connectivity index (χ1v) is 6.58. The summed E-state index contributed by atoms with van der Waals surface area (Å²) < 4.78 is 5.47. The molecule has 0 aliphatic carbocycles. The van der Waals surface area contributed by atoms with E-state index in [4.69, 9.17) is 10.2 Å². The summed E-state index contributed by atoms with van der Waals surface area (Å²) in [6.07, 6.45) is 3.49. The largest absolute Gasteiger partial charge is 0.441 e.